The molecule has 156 valence electrons. The van der Waals surface area contributed by atoms with Crippen molar-refractivity contribution >= 4 is 34.0 Å². The standard InChI is InChI=1S/C18H13F4N5O2S/c1-9-8-26(17-24-7-12(30-17)18(20,21)22)16(29)14-11(5-13(19)27(9)14)25-15(28)10-3-2-4-23-6-10/h2-7,9H,8H2,1H3,(H,25,28)/t9-/m0/s1. The lowest BCUT2D eigenvalue weighted by Crippen LogP contribution is -2.43. The second kappa shape index (κ2) is 7.20. The number of nitrogens with one attached hydrogen (secondary N) is 1. The maximum absolute atomic E-state index is 14.5. The molecule has 7 nitrogen and oxygen atoms in total. The molecule has 1 aliphatic rings. The van der Waals surface area contributed by atoms with Gasteiger partial charge in [0.2, 0.25) is 0 Å². The van der Waals surface area contributed by atoms with E-state index < -0.39 is 34.9 Å². The second-order valence-electron chi connectivity index (χ2n) is 6.56. The monoisotopic (exact) mass is 439 g/mol. The Morgan fingerprint density at radius 1 is 1.33 bits per heavy atom. The second-order valence-corrected chi connectivity index (χ2v) is 7.57. The molecule has 0 saturated carbocycles. The molecular formula is C18H13F4N5O2S. The minimum Gasteiger partial charge on any atom is -0.320 e. The van der Waals surface area contributed by atoms with Gasteiger partial charge in [0.15, 0.2) is 11.1 Å². The summed E-state index contributed by atoms with van der Waals surface area (Å²) in [6.07, 6.45) is -1.16. The molecule has 0 saturated heterocycles. The Morgan fingerprint density at radius 2 is 2.10 bits per heavy atom. The molecule has 30 heavy (non-hydrogen) atoms. The van der Waals surface area contributed by atoms with Gasteiger partial charge < -0.3 is 9.88 Å². The molecule has 2 amide bonds. The first-order chi connectivity index (χ1) is 14.2. The van der Waals surface area contributed by atoms with Crippen LogP contribution in [0.25, 0.3) is 0 Å². The van der Waals surface area contributed by atoms with E-state index in [1.54, 1.807) is 13.0 Å². The first kappa shape index (κ1) is 20.0. The van der Waals surface area contributed by atoms with Crippen LogP contribution < -0.4 is 10.2 Å². The van der Waals surface area contributed by atoms with Crippen LogP contribution in [0.3, 0.4) is 0 Å². The van der Waals surface area contributed by atoms with Gasteiger partial charge in [-0.1, -0.05) is 11.3 Å². The van der Waals surface area contributed by atoms with Gasteiger partial charge in [0.1, 0.15) is 10.6 Å². The number of hydrogen-bond acceptors (Lipinski definition) is 5. The summed E-state index contributed by atoms with van der Waals surface area (Å²) in [5, 5.41) is 2.32. The SMILES string of the molecule is C[C@H]1CN(c2ncc(C(F)(F)F)s2)C(=O)c2c(NC(=O)c3cccnc3)cc(F)n21. The van der Waals surface area contributed by atoms with Gasteiger partial charge in [-0.05, 0) is 19.1 Å². The molecule has 4 heterocycles. The number of anilines is 2. The Hall–Kier alpha value is -3.28. The maximum Gasteiger partial charge on any atom is 0.427 e. The summed E-state index contributed by atoms with van der Waals surface area (Å²) >= 11 is 0.321. The molecule has 0 bridgehead atoms. The van der Waals surface area contributed by atoms with Crippen LogP contribution in [0.2, 0.25) is 0 Å². The third-order valence-electron chi connectivity index (χ3n) is 4.50. The van der Waals surface area contributed by atoms with E-state index in [1.165, 1.54) is 18.5 Å². The van der Waals surface area contributed by atoms with Crippen molar-refractivity contribution in [3.05, 3.63) is 58.9 Å². The first-order valence-electron chi connectivity index (χ1n) is 8.64. The molecular weight excluding hydrogens is 426 g/mol. The number of fused-ring (bicyclic) bond motifs is 1. The molecule has 3 aromatic rings. The van der Waals surface area contributed by atoms with E-state index in [0.29, 0.717) is 17.5 Å². The molecule has 1 aliphatic heterocycles. The van der Waals surface area contributed by atoms with Crippen molar-refractivity contribution in [2.45, 2.75) is 19.1 Å². The molecule has 0 radical (unpaired) electrons. The maximum atomic E-state index is 14.5. The van der Waals surface area contributed by atoms with Crippen LogP contribution in [0, 0.1) is 5.95 Å². The van der Waals surface area contributed by atoms with Gasteiger partial charge in [0, 0.05) is 25.0 Å². The highest BCUT2D eigenvalue weighted by Crippen LogP contribution is 2.39. The van der Waals surface area contributed by atoms with E-state index >= 15 is 0 Å². The summed E-state index contributed by atoms with van der Waals surface area (Å²) < 4.78 is 54.4. The van der Waals surface area contributed by atoms with E-state index in [9.17, 15) is 27.2 Å². The highest BCUT2D eigenvalue weighted by Gasteiger charge is 2.39. The molecule has 0 aromatic carbocycles. The number of carbonyl (C=O) groups excluding carboxylic acids is 2. The number of pyridine rings is 1. The van der Waals surface area contributed by atoms with Gasteiger partial charge >= 0.3 is 6.18 Å². The fraction of sp³-hybridized carbons (Fsp3) is 0.222. The number of aromatic nitrogens is 3. The molecule has 1 atom stereocenters. The fourth-order valence-corrected chi connectivity index (χ4v) is 3.96. The topological polar surface area (TPSA) is 80.1 Å². The van der Waals surface area contributed by atoms with E-state index in [2.05, 4.69) is 15.3 Å². The van der Waals surface area contributed by atoms with Crippen LogP contribution in [0.5, 0.6) is 0 Å². The van der Waals surface area contributed by atoms with Crippen molar-refractivity contribution in [1.82, 2.24) is 14.5 Å². The van der Waals surface area contributed by atoms with Crippen molar-refractivity contribution in [2.24, 2.45) is 0 Å². The normalized spacial score (nSPS) is 16.5. The van der Waals surface area contributed by atoms with Crippen LogP contribution in [0.15, 0.2) is 36.8 Å². The Bertz CT molecular complexity index is 1130. The highest BCUT2D eigenvalue weighted by atomic mass is 32.1. The zero-order chi connectivity index (χ0) is 21.6. The van der Waals surface area contributed by atoms with Crippen molar-refractivity contribution in [3.63, 3.8) is 0 Å². The molecule has 12 heteroatoms. The van der Waals surface area contributed by atoms with Crippen LogP contribution in [-0.2, 0) is 6.18 Å². The van der Waals surface area contributed by atoms with E-state index in [0.717, 1.165) is 15.5 Å². The number of amides is 2. The quantitative estimate of drug-likeness (QED) is 0.627. The van der Waals surface area contributed by atoms with E-state index in [4.69, 9.17) is 0 Å². The Labute approximate surface area is 171 Å². The number of halogens is 4. The number of carbonyl (C=O) groups is 2. The van der Waals surface area contributed by atoms with Crippen LogP contribution in [0.1, 0.15) is 38.7 Å². The Kier molecular flexibility index (Phi) is 4.80. The lowest BCUT2D eigenvalue weighted by Gasteiger charge is -2.31. The van der Waals surface area contributed by atoms with Gasteiger partial charge in [-0.2, -0.15) is 17.6 Å². The number of thiazole rings is 1. The van der Waals surface area contributed by atoms with Gasteiger partial charge in [0.05, 0.1) is 23.5 Å². The first-order valence-corrected chi connectivity index (χ1v) is 9.45. The predicted octanol–water partition coefficient (Wildman–Crippen LogP) is 3.97. The molecule has 4 rings (SSSR count). The predicted molar refractivity (Wildman–Crippen MR) is 100 cm³/mol. The number of nitrogens with zero attached hydrogens (tertiary/aromatic N) is 4. The molecule has 3 aromatic heterocycles. The van der Waals surface area contributed by atoms with Gasteiger partial charge in [-0.3, -0.25) is 19.5 Å². The zero-order valence-electron chi connectivity index (χ0n) is 15.3. The van der Waals surface area contributed by atoms with Crippen LogP contribution in [0.4, 0.5) is 28.4 Å². The van der Waals surface area contributed by atoms with Crippen molar-refractivity contribution in [1.29, 1.82) is 0 Å². The summed E-state index contributed by atoms with van der Waals surface area (Å²) in [4.78, 5) is 33.1. The minimum atomic E-state index is -4.59. The Morgan fingerprint density at radius 3 is 2.73 bits per heavy atom. The zero-order valence-corrected chi connectivity index (χ0v) is 16.1. The smallest absolute Gasteiger partial charge is 0.320 e. The number of alkyl halides is 3. The van der Waals surface area contributed by atoms with E-state index in [-0.39, 0.29) is 28.6 Å². The van der Waals surface area contributed by atoms with Crippen molar-refractivity contribution in [3.8, 4) is 0 Å². The highest BCUT2D eigenvalue weighted by molar-refractivity contribution is 7.15. The molecule has 0 aliphatic carbocycles. The Balaban J connectivity index is 1.69. The van der Waals surface area contributed by atoms with Gasteiger partial charge in [0.25, 0.3) is 11.8 Å². The van der Waals surface area contributed by atoms with E-state index in [1.807, 2.05) is 0 Å². The number of rotatable bonds is 3. The third kappa shape index (κ3) is 3.43. The number of hydrogen-bond donors (Lipinski definition) is 1. The summed E-state index contributed by atoms with van der Waals surface area (Å²) in [5.41, 5.74) is -0.0662. The minimum absolute atomic E-state index is 0.0712. The third-order valence-corrected chi connectivity index (χ3v) is 5.57. The van der Waals surface area contributed by atoms with Gasteiger partial charge in [-0.15, -0.1) is 0 Å². The van der Waals surface area contributed by atoms with Crippen LogP contribution in [-0.4, -0.2) is 32.9 Å². The van der Waals surface area contributed by atoms with Crippen molar-refractivity contribution < 1.29 is 27.2 Å². The molecule has 0 unspecified atom stereocenters. The summed E-state index contributed by atoms with van der Waals surface area (Å²) in [5.74, 6) is -2.12. The summed E-state index contributed by atoms with van der Waals surface area (Å²) in [6, 6.07) is 3.44. The molecule has 0 spiro atoms. The molecule has 1 N–H and O–H groups in total. The average Bonchev–Trinajstić information content (AvgIpc) is 3.31. The van der Waals surface area contributed by atoms with Gasteiger partial charge in [-0.25, -0.2) is 4.98 Å². The lowest BCUT2D eigenvalue weighted by atomic mass is 10.2. The fourth-order valence-electron chi connectivity index (χ4n) is 3.17. The lowest BCUT2D eigenvalue weighted by molar-refractivity contribution is -0.134. The summed E-state index contributed by atoms with van der Waals surface area (Å²) in [7, 11) is 0. The summed E-state index contributed by atoms with van der Waals surface area (Å²) in [6.45, 7) is 1.54. The van der Waals surface area contributed by atoms with Crippen LogP contribution >= 0.6 is 11.3 Å². The largest absolute Gasteiger partial charge is 0.427 e. The van der Waals surface area contributed by atoms with Crippen molar-refractivity contribution in [2.75, 3.05) is 16.8 Å². The average molecular weight is 439 g/mol. The molecule has 0 fully saturated rings.